The lowest BCUT2D eigenvalue weighted by Crippen LogP contribution is -2.13. The molecule has 0 saturated carbocycles. The lowest BCUT2D eigenvalue weighted by Gasteiger charge is -2.15. The van der Waals surface area contributed by atoms with Crippen LogP contribution in [-0.2, 0) is 4.74 Å². The molecule has 2 heterocycles. The fourth-order valence-corrected chi connectivity index (χ4v) is 2.54. The molecule has 1 aliphatic heterocycles. The van der Waals surface area contributed by atoms with Crippen molar-refractivity contribution in [3.8, 4) is 5.75 Å². The Balaban J connectivity index is 2.03. The molecule has 0 amide bonds. The van der Waals surface area contributed by atoms with Crippen molar-refractivity contribution in [2.75, 3.05) is 12.3 Å². The predicted octanol–water partition coefficient (Wildman–Crippen LogP) is 1.60. The quantitative estimate of drug-likeness (QED) is 0.705. The maximum atomic E-state index is 9.83. The number of benzene rings is 1. The molecule has 3 rings (SSSR count). The summed E-state index contributed by atoms with van der Waals surface area (Å²) in [5.74, 6) is 0.181. The van der Waals surface area contributed by atoms with Crippen LogP contribution in [0.4, 0.5) is 5.69 Å². The van der Waals surface area contributed by atoms with Gasteiger partial charge in [0.1, 0.15) is 12.0 Å². The number of aliphatic hydroxyl groups excluding tert-OH is 1. The molecule has 0 bridgehead atoms. The number of anilines is 1. The van der Waals surface area contributed by atoms with Crippen LogP contribution in [0.1, 0.15) is 19.1 Å². The molecule has 0 unspecified atom stereocenters. The topological polar surface area (TPSA) is 80.6 Å². The lowest BCUT2D eigenvalue weighted by atomic mass is 10.2. The Hall–Kier alpha value is -1.72. The van der Waals surface area contributed by atoms with Crippen LogP contribution in [0.3, 0.4) is 0 Å². The zero-order valence-electron chi connectivity index (χ0n) is 9.91. The number of phenols is 1. The molecule has 0 aliphatic carbocycles. The number of nitrogens with zero attached hydrogens (tertiary/aromatic N) is 1. The van der Waals surface area contributed by atoms with E-state index in [0.29, 0.717) is 5.69 Å². The van der Waals surface area contributed by atoms with Crippen LogP contribution in [0.5, 0.6) is 5.75 Å². The first-order valence-electron chi connectivity index (χ1n) is 6.04. The van der Waals surface area contributed by atoms with Gasteiger partial charge in [-0.2, -0.15) is 0 Å². The molecule has 5 heteroatoms. The summed E-state index contributed by atoms with van der Waals surface area (Å²) in [7, 11) is 0. The highest BCUT2D eigenvalue weighted by atomic mass is 16.5. The highest BCUT2D eigenvalue weighted by Gasteiger charge is 2.26. The van der Waals surface area contributed by atoms with Crippen molar-refractivity contribution in [2.45, 2.75) is 25.2 Å². The number of aromatic nitrogens is 1. The molecule has 2 aromatic rings. The third-order valence-corrected chi connectivity index (χ3v) is 3.44. The maximum Gasteiger partial charge on any atom is 0.134 e. The number of hydrogen-bond acceptors (Lipinski definition) is 4. The van der Waals surface area contributed by atoms with Crippen LogP contribution in [0.15, 0.2) is 24.4 Å². The Labute approximate surface area is 104 Å². The minimum absolute atomic E-state index is 0.0447. The van der Waals surface area contributed by atoms with Gasteiger partial charge in [-0.15, -0.1) is 0 Å². The summed E-state index contributed by atoms with van der Waals surface area (Å²) >= 11 is 0. The molecule has 5 nitrogen and oxygen atoms in total. The third-order valence-electron chi connectivity index (χ3n) is 3.44. The van der Waals surface area contributed by atoms with E-state index in [-0.39, 0.29) is 24.7 Å². The first-order valence-corrected chi connectivity index (χ1v) is 6.04. The van der Waals surface area contributed by atoms with E-state index in [1.54, 1.807) is 6.07 Å². The van der Waals surface area contributed by atoms with Crippen molar-refractivity contribution >= 4 is 16.6 Å². The number of aliphatic hydroxyl groups is 1. The lowest BCUT2D eigenvalue weighted by molar-refractivity contribution is -0.0202. The second-order valence-corrected chi connectivity index (χ2v) is 4.67. The standard InChI is InChI=1S/C13H16N2O3/c14-8-5-11-10(12(17)6-8)3-4-15(11)13-2-1-9(7-16)18-13/h3-6,9,13,16-17H,1-2,7,14H2/t9-,13-/m0/s1. The molecular formula is C13H16N2O3. The van der Waals surface area contributed by atoms with Gasteiger partial charge in [0.05, 0.1) is 18.2 Å². The van der Waals surface area contributed by atoms with Gasteiger partial charge >= 0.3 is 0 Å². The molecule has 0 radical (unpaired) electrons. The number of ether oxygens (including phenoxy) is 1. The summed E-state index contributed by atoms with van der Waals surface area (Å²) in [5, 5.41) is 19.7. The summed E-state index contributed by atoms with van der Waals surface area (Å²) in [6.45, 7) is 0.0447. The normalized spacial score (nSPS) is 23.8. The van der Waals surface area contributed by atoms with E-state index >= 15 is 0 Å². The van der Waals surface area contributed by atoms with Crippen molar-refractivity contribution in [1.29, 1.82) is 0 Å². The van der Waals surface area contributed by atoms with Crippen LogP contribution >= 0.6 is 0 Å². The van der Waals surface area contributed by atoms with Gasteiger partial charge in [0.15, 0.2) is 0 Å². The summed E-state index contributed by atoms with van der Waals surface area (Å²) in [5.41, 5.74) is 7.13. The van der Waals surface area contributed by atoms with Gasteiger partial charge in [0.25, 0.3) is 0 Å². The number of hydrogen-bond donors (Lipinski definition) is 3. The summed E-state index contributed by atoms with van der Waals surface area (Å²) in [6.07, 6.45) is 3.39. The minimum atomic E-state index is -0.0964. The highest BCUT2D eigenvalue weighted by molar-refractivity contribution is 5.89. The van der Waals surface area contributed by atoms with Crippen molar-refractivity contribution in [3.05, 3.63) is 24.4 Å². The minimum Gasteiger partial charge on any atom is -0.507 e. The summed E-state index contributed by atoms with van der Waals surface area (Å²) in [6, 6.07) is 5.21. The molecule has 0 spiro atoms. The van der Waals surface area contributed by atoms with E-state index in [9.17, 15) is 5.11 Å². The average Bonchev–Trinajstić information content (AvgIpc) is 2.93. The molecule has 96 valence electrons. The largest absolute Gasteiger partial charge is 0.507 e. The number of aromatic hydroxyl groups is 1. The van der Waals surface area contributed by atoms with Gasteiger partial charge in [-0.05, 0) is 25.0 Å². The average molecular weight is 248 g/mol. The van der Waals surface area contributed by atoms with Crippen molar-refractivity contribution in [3.63, 3.8) is 0 Å². The van der Waals surface area contributed by atoms with Crippen LogP contribution in [0.2, 0.25) is 0 Å². The van der Waals surface area contributed by atoms with Gasteiger partial charge in [0.2, 0.25) is 0 Å². The van der Waals surface area contributed by atoms with Gasteiger partial charge in [0, 0.05) is 23.3 Å². The van der Waals surface area contributed by atoms with E-state index < -0.39 is 0 Å². The number of phenolic OH excluding ortho intramolecular Hbond substituents is 1. The number of nitrogen functional groups attached to an aromatic ring is 1. The number of nitrogens with two attached hydrogens (primary N) is 1. The molecule has 1 fully saturated rings. The van der Waals surface area contributed by atoms with Gasteiger partial charge in [-0.25, -0.2) is 0 Å². The monoisotopic (exact) mass is 248 g/mol. The third kappa shape index (κ3) is 1.72. The summed E-state index contributed by atoms with van der Waals surface area (Å²) in [4.78, 5) is 0. The van der Waals surface area contributed by atoms with E-state index in [0.717, 1.165) is 23.7 Å². The van der Waals surface area contributed by atoms with Crippen LogP contribution in [0.25, 0.3) is 10.9 Å². The zero-order valence-corrected chi connectivity index (χ0v) is 9.91. The van der Waals surface area contributed by atoms with Gasteiger partial charge in [-0.3, -0.25) is 0 Å². The molecule has 1 aliphatic rings. The molecule has 1 aromatic carbocycles. The Morgan fingerprint density at radius 1 is 1.39 bits per heavy atom. The fourth-order valence-electron chi connectivity index (χ4n) is 2.54. The zero-order chi connectivity index (χ0) is 12.7. The molecule has 4 N–H and O–H groups in total. The van der Waals surface area contributed by atoms with Crippen LogP contribution < -0.4 is 5.73 Å². The second kappa shape index (κ2) is 4.19. The Morgan fingerprint density at radius 3 is 2.94 bits per heavy atom. The van der Waals surface area contributed by atoms with E-state index in [1.807, 2.05) is 22.9 Å². The fraction of sp³-hybridized carbons (Fsp3) is 0.385. The Bertz CT molecular complexity index is 579. The first kappa shape index (κ1) is 11.4. The van der Waals surface area contributed by atoms with Crippen molar-refractivity contribution in [1.82, 2.24) is 4.57 Å². The van der Waals surface area contributed by atoms with Gasteiger partial charge < -0.3 is 25.3 Å². The second-order valence-electron chi connectivity index (χ2n) is 4.67. The Kier molecular flexibility index (Phi) is 2.65. The predicted molar refractivity (Wildman–Crippen MR) is 68.2 cm³/mol. The molecular weight excluding hydrogens is 232 g/mol. The summed E-state index contributed by atoms with van der Waals surface area (Å²) < 4.78 is 7.69. The van der Waals surface area contributed by atoms with E-state index in [4.69, 9.17) is 15.6 Å². The van der Waals surface area contributed by atoms with E-state index in [1.165, 1.54) is 0 Å². The van der Waals surface area contributed by atoms with E-state index in [2.05, 4.69) is 0 Å². The SMILES string of the molecule is Nc1cc(O)c2ccn([C@@H]3CC[C@@H](CO)O3)c2c1. The Morgan fingerprint density at radius 2 is 2.22 bits per heavy atom. The maximum absolute atomic E-state index is 9.83. The number of rotatable bonds is 2. The number of fused-ring (bicyclic) bond motifs is 1. The first-order chi connectivity index (χ1) is 8.69. The molecule has 18 heavy (non-hydrogen) atoms. The van der Waals surface area contributed by atoms with Crippen molar-refractivity contribution in [2.24, 2.45) is 0 Å². The molecule has 1 saturated heterocycles. The van der Waals surface area contributed by atoms with Crippen molar-refractivity contribution < 1.29 is 14.9 Å². The van der Waals surface area contributed by atoms with Gasteiger partial charge in [-0.1, -0.05) is 0 Å². The molecule has 1 aromatic heterocycles. The smallest absolute Gasteiger partial charge is 0.134 e. The van der Waals surface area contributed by atoms with Crippen LogP contribution in [0, 0.1) is 0 Å². The molecule has 2 atom stereocenters. The van der Waals surface area contributed by atoms with Crippen LogP contribution in [-0.4, -0.2) is 27.5 Å². The highest BCUT2D eigenvalue weighted by Crippen LogP contribution is 2.35.